The van der Waals surface area contributed by atoms with Gasteiger partial charge in [-0.25, -0.2) is 19.6 Å². The number of ether oxygens (including phenoxy) is 4. The predicted octanol–water partition coefficient (Wildman–Crippen LogP) is 7.59. The molecule has 4 amide bonds. The topological polar surface area (TPSA) is 193 Å². The van der Waals surface area contributed by atoms with Crippen molar-refractivity contribution in [1.82, 2.24) is 40.4 Å². The molecule has 16 heteroatoms. The molecule has 1 unspecified atom stereocenters. The van der Waals surface area contributed by atoms with Gasteiger partial charge in [-0.3, -0.25) is 9.59 Å². The molecular weight excluding hydrogens is 829 g/mol. The van der Waals surface area contributed by atoms with E-state index in [9.17, 15) is 19.2 Å². The van der Waals surface area contributed by atoms with E-state index in [-0.39, 0.29) is 41.7 Å². The predicted molar refractivity (Wildman–Crippen MR) is 243 cm³/mol. The quantitative estimate of drug-likeness (QED) is 0.101. The van der Waals surface area contributed by atoms with Gasteiger partial charge >= 0.3 is 12.2 Å². The van der Waals surface area contributed by atoms with Crippen molar-refractivity contribution in [3.05, 3.63) is 102 Å². The van der Waals surface area contributed by atoms with Crippen LogP contribution in [-0.2, 0) is 30.4 Å². The number of nitrogens with zero attached hydrogens (tertiary/aromatic N) is 4. The lowest BCUT2D eigenvalue weighted by molar-refractivity contribution is -0.136. The number of alkyl carbamates (subject to hydrolysis) is 2. The maximum atomic E-state index is 14.2. The normalized spacial score (nSPS) is 20.0. The fraction of sp³-hybridized carbons (Fsp3) is 0.388. The van der Waals surface area contributed by atoms with Crippen LogP contribution in [0.15, 0.2) is 79.0 Å². The number of likely N-dealkylation sites (tertiary alicyclic amines) is 2. The molecule has 65 heavy (non-hydrogen) atoms. The number of rotatable bonds is 11. The second-order valence-corrected chi connectivity index (χ2v) is 17.7. The summed E-state index contributed by atoms with van der Waals surface area (Å²) in [4.78, 5) is 73.4. The minimum atomic E-state index is -0.911. The number of carbonyl (C=O) groups excluding carboxylic acids is 4. The van der Waals surface area contributed by atoms with Gasteiger partial charge in [0.15, 0.2) is 0 Å². The molecule has 0 aliphatic carbocycles. The monoisotopic (exact) mass is 882 g/mol. The lowest BCUT2D eigenvalue weighted by Crippen LogP contribution is -2.51. The number of hydrogen-bond donors (Lipinski definition) is 4. The van der Waals surface area contributed by atoms with E-state index in [4.69, 9.17) is 28.9 Å². The Kier molecular flexibility index (Phi) is 11.9. The summed E-state index contributed by atoms with van der Waals surface area (Å²) in [6.45, 7) is 7.74. The molecule has 4 N–H and O–H groups in total. The number of fused-ring (bicyclic) bond motifs is 6. The van der Waals surface area contributed by atoms with Crippen molar-refractivity contribution in [1.29, 1.82) is 0 Å². The lowest BCUT2D eigenvalue weighted by Gasteiger charge is -2.30. The zero-order valence-corrected chi connectivity index (χ0v) is 37.3. The third-order valence-electron chi connectivity index (χ3n) is 13.0. The smallest absolute Gasteiger partial charge is 0.407 e. The summed E-state index contributed by atoms with van der Waals surface area (Å²) in [5.74, 6) is 1.83. The molecule has 3 aliphatic rings. The van der Waals surface area contributed by atoms with E-state index in [1.54, 1.807) is 18.2 Å². The average Bonchev–Trinajstić information content (AvgIpc) is 4.15. The van der Waals surface area contributed by atoms with Crippen LogP contribution in [0.5, 0.6) is 5.75 Å². The molecule has 2 fully saturated rings. The van der Waals surface area contributed by atoms with Gasteiger partial charge in [0.2, 0.25) is 5.91 Å². The summed E-state index contributed by atoms with van der Waals surface area (Å²) in [6, 6.07) is 21.4. The van der Waals surface area contributed by atoms with Crippen LogP contribution >= 0.6 is 0 Å². The first-order valence-corrected chi connectivity index (χ1v) is 22.1. The number of aromatic amines is 2. The molecule has 0 spiro atoms. The fourth-order valence-electron chi connectivity index (χ4n) is 9.77. The molecule has 9 rings (SSSR count). The maximum Gasteiger partial charge on any atom is 0.407 e. The highest BCUT2D eigenvalue weighted by Gasteiger charge is 2.42. The molecule has 0 radical (unpaired) electrons. The van der Waals surface area contributed by atoms with Gasteiger partial charge in [0.05, 0.1) is 55.8 Å². The highest BCUT2D eigenvalue weighted by molar-refractivity contribution is 6.07. The molecule has 2 saturated heterocycles. The molecule has 3 aliphatic heterocycles. The van der Waals surface area contributed by atoms with E-state index in [2.05, 4.69) is 63.9 Å². The molecule has 338 valence electrons. The van der Waals surface area contributed by atoms with Crippen LogP contribution in [0.2, 0.25) is 0 Å². The Morgan fingerprint density at radius 3 is 2.34 bits per heavy atom. The van der Waals surface area contributed by atoms with Gasteiger partial charge in [-0.05, 0) is 76.6 Å². The molecule has 2 aromatic heterocycles. The zero-order chi connectivity index (χ0) is 45.5. The van der Waals surface area contributed by atoms with Crippen LogP contribution in [0.4, 0.5) is 9.59 Å². The molecule has 6 aromatic rings. The summed E-state index contributed by atoms with van der Waals surface area (Å²) in [7, 11) is 4.23. The Balaban J connectivity index is 0.973. The summed E-state index contributed by atoms with van der Waals surface area (Å²) >= 11 is 0. The highest BCUT2D eigenvalue weighted by atomic mass is 16.5. The molecule has 4 aromatic carbocycles. The van der Waals surface area contributed by atoms with Crippen molar-refractivity contribution in [3.8, 4) is 28.1 Å². The molecular formula is C49H54N8O8. The first kappa shape index (κ1) is 43.3. The van der Waals surface area contributed by atoms with Crippen LogP contribution in [0.25, 0.3) is 44.2 Å². The molecule has 5 heterocycles. The Labute approximate surface area is 376 Å². The van der Waals surface area contributed by atoms with E-state index >= 15 is 0 Å². The van der Waals surface area contributed by atoms with E-state index in [1.807, 2.05) is 55.1 Å². The number of benzene rings is 4. The van der Waals surface area contributed by atoms with Crippen LogP contribution in [-0.4, -0.2) is 101 Å². The summed E-state index contributed by atoms with van der Waals surface area (Å²) in [5.41, 5.74) is 7.11. The molecule has 16 nitrogen and oxygen atoms in total. The van der Waals surface area contributed by atoms with Crippen LogP contribution in [0.3, 0.4) is 0 Å². The maximum absolute atomic E-state index is 14.2. The van der Waals surface area contributed by atoms with Crippen LogP contribution in [0.1, 0.15) is 74.5 Å². The Morgan fingerprint density at radius 2 is 1.58 bits per heavy atom. The number of aromatic nitrogens is 4. The van der Waals surface area contributed by atoms with Crippen molar-refractivity contribution in [3.63, 3.8) is 0 Å². The summed E-state index contributed by atoms with van der Waals surface area (Å²) < 4.78 is 21.7. The fourth-order valence-corrected chi connectivity index (χ4v) is 9.77. The van der Waals surface area contributed by atoms with E-state index < -0.39 is 24.3 Å². The van der Waals surface area contributed by atoms with Gasteiger partial charge in [-0.1, -0.05) is 69.3 Å². The lowest BCUT2D eigenvalue weighted by atomic mass is 9.92. The first-order chi connectivity index (χ1) is 31.4. The third-order valence-corrected chi connectivity index (χ3v) is 13.0. The number of imidazole rings is 2. The largest absolute Gasteiger partial charge is 0.488 e. The van der Waals surface area contributed by atoms with E-state index in [0.717, 1.165) is 61.9 Å². The van der Waals surface area contributed by atoms with Gasteiger partial charge in [-0.2, -0.15) is 0 Å². The highest BCUT2D eigenvalue weighted by Crippen LogP contribution is 2.44. The van der Waals surface area contributed by atoms with Crippen LogP contribution < -0.4 is 15.4 Å². The number of amides is 4. The second-order valence-electron chi connectivity index (χ2n) is 17.7. The Bertz CT molecular complexity index is 2770. The van der Waals surface area contributed by atoms with Gasteiger partial charge < -0.3 is 49.3 Å². The van der Waals surface area contributed by atoms with Gasteiger partial charge in [0.1, 0.15) is 36.1 Å². The standard InChI is InChI=1S/C49H54N8O8/c1-26(2)41(54-48(60)63-5)46(58)57-23-28(24-62-4)17-39(57)45-51-36-15-13-30-19-35-33-14-12-31(18-32(33)25-65-40(35)20-34(30)43(36)53-45)37-21-50-44(52-37)38-16-27(3)22-56(38)47(59)42(55-49(61)64-6)29-10-8-7-9-11-29/h7-15,18-21,26-28,38-39,41-42H,16-17,22-25H2,1-6H3,(H,50,52)(H,51,53)(H,54,60)(H,55,61)/t27-,28-,38-,39?,41-,42+/m0/s1. The minimum Gasteiger partial charge on any atom is -0.488 e. The van der Waals surface area contributed by atoms with Gasteiger partial charge in [0.25, 0.3) is 5.91 Å². The summed E-state index contributed by atoms with van der Waals surface area (Å²) in [5, 5.41) is 7.39. The Morgan fingerprint density at radius 1 is 0.831 bits per heavy atom. The first-order valence-electron chi connectivity index (χ1n) is 22.1. The van der Waals surface area contributed by atoms with Crippen molar-refractivity contribution in [2.24, 2.45) is 17.8 Å². The van der Waals surface area contributed by atoms with Crippen molar-refractivity contribution < 1.29 is 38.1 Å². The molecule has 0 bridgehead atoms. The molecule has 0 saturated carbocycles. The number of carbonyl (C=O) groups is 4. The van der Waals surface area contributed by atoms with Crippen molar-refractivity contribution in [2.75, 3.05) is 41.0 Å². The van der Waals surface area contributed by atoms with Crippen molar-refractivity contribution >= 4 is 45.8 Å². The number of hydrogen-bond acceptors (Lipinski definition) is 10. The van der Waals surface area contributed by atoms with E-state index in [1.165, 1.54) is 14.2 Å². The van der Waals surface area contributed by atoms with Gasteiger partial charge in [-0.15, -0.1) is 0 Å². The third kappa shape index (κ3) is 8.34. The van der Waals surface area contributed by atoms with E-state index in [0.29, 0.717) is 49.9 Å². The van der Waals surface area contributed by atoms with Crippen LogP contribution in [0, 0.1) is 17.8 Å². The number of nitrogens with one attached hydrogen (secondary N) is 4. The Hall–Kier alpha value is -6.94. The summed E-state index contributed by atoms with van der Waals surface area (Å²) in [6.07, 6.45) is 1.84. The number of H-pyrrole nitrogens is 2. The SMILES string of the molecule is COC[C@H]1CC(c2nc3c(ccc4cc5c(cc43)OCc3cc(-c4cnc([C@@H]6C[C@H](C)CN6C(=O)[C@H](NC(=O)OC)c6ccccc6)[nH]4)ccc3-5)[nH]2)N(C(=O)[C@@H](NC(=O)OC)C(C)C)C1. The minimum absolute atomic E-state index is 0.0924. The van der Waals surface area contributed by atoms with Gasteiger partial charge in [0, 0.05) is 37.1 Å². The number of methoxy groups -OCH3 is 3. The zero-order valence-electron chi connectivity index (χ0n) is 37.3. The average molecular weight is 883 g/mol. The molecule has 6 atom stereocenters. The second kappa shape index (κ2) is 17.9. The van der Waals surface area contributed by atoms with Crippen molar-refractivity contribution in [2.45, 2.75) is 64.4 Å².